The number of rotatable bonds is 3. The van der Waals surface area contributed by atoms with Gasteiger partial charge in [-0.2, -0.15) is 0 Å². The van der Waals surface area contributed by atoms with E-state index in [1.807, 2.05) is 18.2 Å². The molecule has 2 aromatic rings. The van der Waals surface area contributed by atoms with E-state index >= 15 is 0 Å². The van der Waals surface area contributed by atoms with Crippen LogP contribution in [-0.4, -0.2) is 36.1 Å². The molecule has 0 spiro atoms. The summed E-state index contributed by atoms with van der Waals surface area (Å²) in [6, 6.07) is 6.35. The van der Waals surface area contributed by atoms with Crippen LogP contribution >= 0.6 is 23.7 Å². The van der Waals surface area contributed by atoms with Crippen molar-refractivity contribution >= 4 is 34.0 Å². The Morgan fingerprint density at radius 1 is 1.53 bits per heavy atom. The average molecular weight is 300 g/mol. The molecule has 0 radical (unpaired) electrons. The zero-order valence-electron chi connectivity index (χ0n) is 10.8. The lowest BCUT2D eigenvalue weighted by Gasteiger charge is -2.12. The van der Waals surface area contributed by atoms with Crippen molar-refractivity contribution in [3.05, 3.63) is 23.2 Å². The van der Waals surface area contributed by atoms with Crippen molar-refractivity contribution in [3.63, 3.8) is 0 Å². The Morgan fingerprint density at radius 2 is 2.37 bits per heavy atom. The monoisotopic (exact) mass is 299 g/mol. The predicted molar refractivity (Wildman–Crippen MR) is 81.3 cm³/mol. The molecule has 0 aliphatic carbocycles. The van der Waals surface area contributed by atoms with E-state index in [1.165, 1.54) is 4.70 Å². The zero-order valence-corrected chi connectivity index (χ0v) is 12.5. The third-order valence-electron chi connectivity index (χ3n) is 3.31. The Labute approximate surface area is 123 Å². The van der Waals surface area contributed by atoms with Gasteiger partial charge in [0, 0.05) is 19.1 Å². The molecule has 1 aliphatic heterocycles. The number of hydrogen-bond donors (Lipinski definition) is 1. The van der Waals surface area contributed by atoms with Crippen LogP contribution in [0.2, 0.25) is 0 Å². The minimum Gasteiger partial charge on any atom is -0.497 e. The van der Waals surface area contributed by atoms with Crippen molar-refractivity contribution in [2.45, 2.75) is 19.0 Å². The van der Waals surface area contributed by atoms with Gasteiger partial charge >= 0.3 is 0 Å². The first-order valence-electron chi connectivity index (χ1n) is 6.16. The number of nitrogens with zero attached hydrogens (tertiary/aromatic N) is 2. The van der Waals surface area contributed by atoms with Gasteiger partial charge in [0.25, 0.3) is 0 Å². The van der Waals surface area contributed by atoms with E-state index in [-0.39, 0.29) is 12.4 Å². The van der Waals surface area contributed by atoms with E-state index in [0.717, 1.165) is 42.3 Å². The Morgan fingerprint density at radius 3 is 3.05 bits per heavy atom. The van der Waals surface area contributed by atoms with Crippen LogP contribution < -0.4 is 10.5 Å². The topological polar surface area (TPSA) is 51.4 Å². The van der Waals surface area contributed by atoms with Crippen LogP contribution in [0.1, 0.15) is 11.4 Å². The molecule has 0 saturated carbocycles. The molecule has 19 heavy (non-hydrogen) atoms. The van der Waals surface area contributed by atoms with Gasteiger partial charge in [-0.15, -0.1) is 23.7 Å². The van der Waals surface area contributed by atoms with E-state index in [1.54, 1.807) is 18.4 Å². The van der Waals surface area contributed by atoms with Gasteiger partial charge in [-0.25, -0.2) is 4.98 Å². The van der Waals surface area contributed by atoms with Gasteiger partial charge in [-0.05, 0) is 24.6 Å². The molecule has 1 aromatic carbocycles. The Balaban J connectivity index is 0.00000133. The van der Waals surface area contributed by atoms with Gasteiger partial charge in [-0.3, -0.25) is 4.90 Å². The van der Waals surface area contributed by atoms with Gasteiger partial charge < -0.3 is 10.5 Å². The number of aromatic nitrogens is 1. The third kappa shape index (κ3) is 3.17. The molecule has 104 valence electrons. The number of hydrogen-bond acceptors (Lipinski definition) is 5. The molecule has 1 saturated heterocycles. The summed E-state index contributed by atoms with van der Waals surface area (Å²) in [4.78, 5) is 7.03. The number of ether oxygens (including phenoxy) is 1. The van der Waals surface area contributed by atoms with Crippen LogP contribution in [0, 0.1) is 0 Å². The van der Waals surface area contributed by atoms with Gasteiger partial charge in [0.15, 0.2) is 0 Å². The fourth-order valence-electron chi connectivity index (χ4n) is 2.34. The molecule has 1 fully saturated rings. The molecule has 2 heterocycles. The fourth-order valence-corrected chi connectivity index (χ4v) is 3.38. The Hall–Kier alpha value is -0.880. The summed E-state index contributed by atoms with van der Waals surface area (Å²) >= 11 is 1.74. The fraction of sp³-hybridized carbons (Fsp3) is 0.462. The van der Waals surface area contributed by atoms with Crippen molar-refractivity contribution in [1.82, 2.24) is 9.88 Å². The van der Waals surface area contributed by atoms with Crippen LogP contribution in [0.15, 0.2) is 18.2 Å². The lowest BCUT2D eigenvalue weighted by atomic mass is 10.3. The van der Waals surface area contributed by atoms with Crippen molar-refractivity contribution in [2.24, 2.45) is 5.73 Å². The standard InChI is InChI=1S/C13H17N3OS.ClH/c1-17-10-2-3-11-12(6-10)18-13(15-11)8-16-5-4-9(14)7-16;/h2-3,6,9H,4-5,7-8,14H2,1H3;1H/t9-;/m0./s1. The van der Waals surface area contributed by atoms with Gasteiger partial charge in [-0.1, -0.05) is 0 Å². The Kier molecular flexibility index (Phi) is 4.62. The second-order valence-electron chi connectivity index (χ2n) is 4.73. The molecule has 2 N–H and O–H groups in total. The minimum atomic E-state index is 0. The minimum absolute atomic E-state index is 0. The van der Waals surface area contributed by atoms with Crippen LogP contribution in [0.5, 0.6) is 5.75 Å². The maximum atomic E-state index is 5.92. The van der Waals surface area contributed by atoms with Crippen LogP contribution in [0.4, 0.5) is 0 Å². The summed E-state index contributed by atoms with van der Waals surface area (Å²) in [5.74, 6) is 0.890. The van der Waals surface area contributed by atoms with E-state index in [0.29, 0.717) is 6.04 Å². The SMILES string of the molecule is COc1ccc2nc(CN3CC[C@H](N)C3)sc2c1.Cl. The van der Waals surface area contributed by atoms with Crippen LogP contribution in [-0.2, 0) is 6.54 Å². The van der Waals surface area contributed by atoms with E-state index in [9.17, 15) is 0 Å². The van der Waals surface area contributed by atoms with Crippen molar-refractivity contribution in [2.75, 3.05) is 20.2 Å². The van der Waals surface area contributed by atoms with Crippen molar-refractivity contribution < 1.29 is 4.74 Å². The highest BCUT2D eigenvalue weighted by Crippen LogP contribution is 2.27. The zero-order chi connectivity index (χ0) is 12.5. The van der Waals surface area contributed by atoms with E-state index < -0.39 is 0 Å². The third-order valence-corrected chi connectivity index (χ3v) is 4.31. The molecule has 0 unspecified atom stereocenters. The normalized spacial score (nSPS) is 19.6. The van der Waals surface area contributed by atoms with Gasteiger partial charge in [0.2, 0.25) is 0 Å². The summed E-state index contributed by atoms with van der Waals surface area (Å²) in [5, 5.41) is 1.16. The lowest BCUT2D eigenvalue weighted by molar-refractivity contribution is 0.326. The van der Waals surface area contributed by atoms with Gasteiger partial charge in [0.1, 0.15) is 10.8 Å². The number of thiazole rings is 1. The first kappa shape index (κ1) is 14.5. The number of likely N-dealkylation sites (tertiary alicyclic amines) is 1. The van der Waals surface area contributed by atoms with Crippen molar-refractivity contribution in [1.29, 1.82) is 0 Å². The molecule has 0 bridgehead atoms. The molecule has 1 atom stereocenters. The first-order valence-corrected chi connectivity index (χ1v) is 6.97. The quantitative estimate of drug-likeness (QED) is 0.944. The molecule has 4 nitrogen and oxygen atoms in total. The number of methoxy groups -OCH3 is 1. The van der Waals surface area contributed by atoms with Crippen LogP contribution in [0.3, 0.4) is 0 Å². The highest BCUT2D eigenvalue weighted by molar-refractivity contribution is 7.18. The smallest absolute Gasteiger partial charge is 0.120 e. The number of halogens is 1. The molecule has 1 aromatic heterocycles. The molecule has 6 heteroatoms. The highest BCUT2D eigenvalue weighted by Gasteiger charge is 2.20. The summed E-state index contributed by atoms with van der Waals surface area (Å²) in [6.45, 7) is 2.98. The second-order valence-corrected chi connectivity index (χ2v) is 5.84. The number of nitrogens with two attached hydrogens (primary N) is 1. The maximum Gasteiger partial charge on any atom is 0.120 e. The number of benzene rings is 1. The first-order chi connectivity index (χ1) is 8.74. The predicted octanol–water partition coefficient (Wildman–Crippen LogP) is 2.26. The highest BCUT2D eigenvalue weighted by atomic mass is 35.5. The average Bonchev–Trinajstić information content (AvgIpc) is 2.94. The van der Waals surface area contributed by atoms with Crippen molar-refractivity contribution in [3.8, 4) is 5.75 Å². The molecule has 0 amide bonds. The summed E-state index contributed by atoms with van der Waals surface area (Å²) in [6.07, 6.45) is 1.10. The maximum absolute atomic E-state index is 5.92. The summed E-state index contributed by atoms with van der Waals surface area (Å²) in [5.41, 5.74) is 6.97. The molecular formula is C13H18ClN3OS. The van der Waals surface area contributed by atoms with Gasteiger partial charge in [0.05, 0.1) is 23.9 Å². The molecule has 1 aliphatic rings. The largest absolute Gasteiger partial charge is 0.497 e. The van der Waals surface area contributed by atoms with Crippen LogP contribution in [0.25, 0.3) is 10.2 Å². The molecular weight excluding hydrogens is 282 g/mol. The Bertz CT molecular complexity index is 560. The van der Waals surface area contributed by atoms with E-state index in [4.69, 9.17) is 10.5 Å². The van der Waals surface area contributed by atoms with E-state index in [2.05, 4.69) is 9.88 Å². The summed E-state index contributed by atoms with van der Waals surface area (Å²) < 4.78 is 6.42. The molecule has 3 rings (SSSR count). The lowest BCUT2D eigenvalue weighted by Crippen LogP contribution is -2.26. The second kappa shape index (κ2) is 6.05. The number of fused-ring (bicyclic) bond motifs is 1. The summed E-state index contributed by atoms with van der Waals surface area (Å²) in [7, 11) is 1.69.